The van der Waals surface area contributed by atoms with E-state index >= 15 is 0 Å². The molecule has 2 rings (SSSR count). The molecule has 0 bridgehead atoms. The SMILES string of the molecule is Cln1nc2ccccc2n1. The van der Waals surface area contributed by atoms with Crippen molar-refractivity contribution in [3.8, 4) is 0 Å². The summed E-state index contributed by atoms with van der Waals surface area (Å²) in [6.45, 7) is 0. The van der Waals surface area contributed by atoms with Crippen LogP contribution >= 0.6 is 11.8 Å². The van der Waals surface area contributed by atoms with E-state index < -0.39 is 0 Å². The van der Waals surface area contributed by atoms with E-state index in [-0.39, 0.29) is 0 Å². The number of nitrogens with zero attached hydrogens (tertiary/aromatic N) is 3. The summed E-state index contributed by atoms with van der Waals surface area (Å²) >= 11 is 5.48. The molecule has 2 aromatic rings. The first-order chi connectivity index (χ1) is 4.86. The van der Waals surface area contributed by atoms with Gasteiger partial charge in [0.25, 0.3) is 0 Å². The Bertz CT molecular complexity index is 322. The second-order valence-corrected chi connectivity index (χ2v) is 2.23. The number of fused-ring (bicyclic) bond motifs is 1. The van der Waals surface area contributed by atoms with Crippen LogP contribution in [0, 0.1) is 0 Å². The Morgan fingerprint density at radius 1 is 1.10 bits per heavy atom. The van der Waals surface area contributed by atoms with Gasteiger partial charge in [0.1, 0.15) is 11.0 Å². The van der Waals surface area contributed by atoms with Crippen molar-refractivity contribution in [2.24, 2.45) is 0 Å². The summed E-state index contributed by atoms with van der Waals surface area (Å²) in [5.74, 6) is 0. The topological polar surface area (TPSA) is 30.7 Å². The van der Waals surface area contributed by atoms with Gasteiger partial charge in [-0.3, -0.25) is 0 Å². The van der Waals surface area contributed by atoms with Crippen LogP contribution in [0.25, 0.3) is 11.0 Å². The Balaban J connectivity index is 2.88. The molecule has 0 saturated heterocycles. The molecule has 0 aliphatic rings. The van der Waals surface area contributed by atoms with Gasteiger partial charge in [-0.15, -0.1) is 10.2 Å². The molecule has 0 radical (unpaired) electrons. The molecule has 0 amide bonds. The number of rotatable bonds is 0. The predicted octanol–water partition coefficient (Wildman–Crippen LogP) is 1.43. The molecular weight excluding hydrogens is 150 g/mol. The standard InChI is InChI=1S/C6H4ClN3/c7-10-8-5-3-1-2-4-6(5)9-10/h1-4H. The van der Waals surface area contributed by atoms with Crippen molar-refractivity contribution in [2.75, 3.05) is 0 Å². The summed E-state index contributed by atoms with van der Waals surface area (Å²) in [5, 5.41) is 7.77. The average Bonchev–Trinajstić information content (AvgIpc) is 2.27. The van der Waals surface area contributed by atoms with Gasteiger partial charge in [-0.25, -0.2) is 0 Å². The monoisotopic (exact) mass is 153 g/mol. The summed E-state index contributed by atoms with van der Waals surface area (Å²) in [6, 6.07) is 7.52. The van der Waals surface area contributed by atoms with Crippen LogP contribution in [0.3, 0.4) is 0 Å². The molecule has 0 atom stereocenters. The molecule has 3 nitrogen and oxygen atoms in total. The van der Waals surface area contributed by atoms with Gasteiger partial charge in [0, 0.05) is 0 Å². The van der Waals surface area contributed by atoms with Crippen molar-refractivity contribution in [1.82, 2.24) is 14.5 Å². The van der Waals surface area contributed by atoms with Crippen LogP contribution in [-0.2, 0) is 0 Å². The van der Waals surface area contributed by atoms with E-state index in [2.05, 4.69) is 10.2 Å². The number of aromatic nitrogens is 3. The molecule has 50 valence electrons. The van der Waals surface area contributed by atoms with Gasteiger partial charge >= 0.3 is 0 Å². The van der Waals surface area contributed by atoms with Crippen molar-refractivity contribution in [3.05, 3.63) is 24.3 Å². The number of benzene rings is 1. The highest BCUT2D eigenvalue weighted by molar-refractivity contribution is 6.14. The summed E-state index contributed by atoms with van der Waals surface area (Å²) in [4.78, 5) is 0. The normalized spacial score (nSPS) is 10.5. The average molecular weight is 154 g/mol. The van der Waals surface area contributed by atoms with E-state index in [4.69, 9.17) is 11.8 Å². The molecule has 0 spiro atoms. The van der Waals surface area contributed by atoms with Gasteiger partial charge in [0.05, 0.1) is 11.8 Å². The molecule has 0 fully saturated rings. The van der Waals surface area contributed by atoms with E-state index in [1.807, 2.05) is 24.3 Å². The molecule has 0 unspecified atom stereocenters. The lowest BCUT2D eigenvalue weighted by atomic mass is 10.3. The molecular formula is C6H4ClN3. The third kappa shape index (κ3) is 0.752. The van der Waals surface area contributed by atoms with E-state index in [0.29, 0.717) is 0 Å². The summed E-state index contributed by atoms with van der Waals surface area (Å²) in [7, 11) is 0. The predicted molar refractivity (Wildman–Crippen MR) is 38.8 cm³/mol. The second kappa shape index (κ2) is 1.95. The Morgan fingerprint density at radius 3 is 2.10 bits per heavy atom. The maximum Gasteiger partial charge on any atom is 0.114 e. The second-order valence-electron chi connectivity index (χ2n) is 1.93. The van der Waals surface area contributed by atoms with Crippen molar-refractivity contribution < 1.29 is 0 Å². The summed E-state index contributed by atoms with van der Waals surface area (Å²) in [6.07, 6.45) is 0. The molecule has 1 aromatic heterocycles. The van der Waals surface area contributed by atoms with Crippen LogP contribution in [0.5, 0.6) is 0 Å². The van der Waals surface area contributed by atoms with Crippen LogP contribution in [0.4, 0.5) is 0 Å². The zero-order valence-corrected chi connectivity index (χ0v) is 5.78. The van der Waals surface area contributed by atoms with Gasteiger partial charge in [0.15, 0.2) is 0 Å². The van der Waals surface area contributed by atoms with Crippen LogP contribution in [0.15, 0.2) is 24.3 Å². The highest BCUT2D eigenvalue weighted by Crippen LogP contribution is 2.06. The van der Waals surface area contributed by atoms with Crippen LogP contribution < -0.4 is 0 Å². The molecule has 0 saturated carbocycles. The Labute approximate surface area is 62.3 Å². The highest BCUT2D eigenvalue weighted by Gasteiger charge is 1.96. The van der Waals surface area contributed by atoms with Crippen LogP contribution in [0.2, 0.25) is 0 Å². The fourth-order valence-electron chi connectivity index (χ4n) is 0.833. The summed E-state index contributed by atoms with van der Waals surface area (Å²) in [5.41, 5.74) is 1.63. The largest absolute Gasteiger partial charge is 0.137 e. The van der Waals surface area contributed by atoms with Gasteiger partial charge in [-0.2, -0.15) is 0 Å². The van der Waals surface area contributed by atoms with E-state index in [1.54, 1.807) is 0 Å². The van der Waals surface area contributed by atoms with Gasteiger partial charge < -0.3 is 0 Å². The fourth-order valence-corrected chi connectivity index (χ4v) is 0.996. The van der Waals surface area contributed by atoms with Crippen molar-refractivity contribution in [2.45, 2.75) is 0 Å². The van der Waals surface area contributed by atoms with Crippen LogP contribution in [-0.4, -0.2) is 14.5 Å². The minimum atomic E-state index is 0.817. The van der Waals surface area contributed by atoms with E-state index in [9.17, 15) is 0 Å². The fraction of sp³-hybridized carbons (Fsp3) is 0. The third-order valence-electron chi connectivity index (χ3n) is 1.26. The minimum Gasteiger partial charge on any atom is -0.137 e. The van der Waals surface area contributed by atoms with Crippen LogP contribution in [0.1, 0.15) is 0 Å². The van der Waals surface area contributed by atoms with Gasteiger partial charge in [0.2, 0.25) is 0 Å². The quantitative estimate of drug-likeness (QED) is 0.573. The smallest absolute Gasteiger partial charge is 0.114 e. The molecule has 10 heavy (non-hydrogen) atoms. The van der Waals surface area contributed by atoms with Crippen molar-refractivity contribution in [1.29, 1.82) is 0 Å². The molecule has 1 aromatic carbocycles. The number of halogens is 1. The Morgan fingerprint density at radius 2 is 1.60 bits per heavy atom. The zero-order valence-electron chi connectivity index (χ0n) is 5.03. The van der Waals surface area contributed by atoms with Gasteiger partial charge in [-0.1, -0.05) is 16.4 Å². The molecule has 0 aliphatic carbocycles. The van der Waals surface area contributed by atoms with Crippen molar-refractivity contribution >= 4 is 22.8 Å². The maximum absolute atomic E-state index is 5.48. The Kier molecular flexibility index (Phi) is 1.11. The van der Waals surface area contributed by atoms with Gasteiger partial charge in [-0.05, 0) is 12.1 Å². The summed E-state index contributed by atoms with van der Waals surface area (Å²) < 4.78 is 1.05. The Hall–Kier alpha value is -1.09. The first-order valence-electron chi connectivity index (χ1n) is 2.84. The minimum absolute atomic E-state index is 0.817. The molecule has 0 aliphatic heterocycles. The lowest BCUT2D eigenvalue weighted by molar-refractivity contribution is 0.865. The highest BCUT2D eigenvalue weighted by atomic mass is 35.5. The third-order valence-corrected chi connectivity index (χ3v) is 1.41. The van der Waals surface area contributed by atoms with E-state index in [1.165, 1.54) is 0 Å². The number of hydrogen-bond acceptors (Lipinski definition) is 2. The first kappa shape index (κ1) is 5.68. The zero-order chi connectivity index (χ0) is 6.97. The maximum atomic E-state index is 5.48. The molecule has 4 heteroatoms. The molecule has 0 N–H and O–H groups in total. The van der Waals surface area contributed by atoms with E-state index in [0.717, 1.165) is 15.3 Å². The lowest BCUT2D eigenvalue weighted by Gasteiger charge is -1.77. The molecule has 1 heterocycles. The number of hydrogen-bond donors (Lipinski definition) is 0. The first-order valence-corrected chi connectivity index (χ1v) is 3.18. The van der Waals surface area contributed by atoms with Crippen molar-refractivity contribution in [3.63, 3.8) is 0 Å². The lowest BCUT2D eigenvalue weighted by Crippen LogP contribution is -1.81.